The van der Waals surface area contributed by atoms with Crippen LogP contribution >= 0.6 is 0 Å². The lowest BCUT2D eigenvalue weighted by Gasteiger charge is -2.34. The molecule has 0 bridgehead atoms. The molecule has 0 fully saturated rings. The number of rotatable bonds is 13. The number of hydrogen-bond acceptors (Lipinski definition) is 6. The van der Waals surface area contributed by atoms with E-state index in [-0.39, 0.29) is 48.0 Å². The van der Waals surface area contributed by atoms with Crippen molar-refractivity contribution >= 4 is 17.8 Å². The molecule has 0 saturated carbocycles. The van der Waals surface area contributed by atoms with Gasteiger partial charge in [-0.2, -0.15) is 0 Å². The molecule has 33 heavy (non-hydrogen) atoms. The molecule has 0 aliphatic heterocycles. The Labute approximate surface area is 201 Å². The van der Waals surface area contributed by atoms with Gasteiger partial charge in [-0.25, -0.2) is 0 Å². The van der Waals surface area contributed by atoms with Crippen LogP contribution in [0.4, 0.5) is 0 Å². The van der Waals surface area contributed by atoms with Gasteiger partial charge in [0.05, 0.1) is 24.6 Å². The molecule has 8 nitrogen and oxygen atoms in total. The molecule has 0 aromatic rings. The van der Waals surface area contributed by atoms with Gasteiger partial charge in [0.15, 0.2) is 0 Å². The number of carbonyl (C=O) groups is 3. The van der Waals surface area contributed by atoms with Gasteiger partial charge in [-0.3, -0.25) is 19.3 Å². The summed E-state index contributed by atoms with van der Waals surface area (Å²) in [6.45, 7) is 17.2. The summed E-state index contributed by atoms with van der Waals surface area (Å²) >= 11 is 0. The van der Waals surface area contributed by atoms with Crippen LogP contribution in [0, 0.1) is 17.8 Å². The normalized spacial score (nSPS) is 16.8. The van der Waals surface area contributed by atoms with Gasteiger partial charge in [-0.1, -0.05) is 48.0 Å². The summed E-state index contributed by atoms with van der Waals surface area (Å²) < 4.78 is 11.1. The maximum absolute atomic E-state index is 13.3. The fourth-order valence-electron chi connectivity index (χ4n) is 3.92. The lowest BCUT2D eigenvalue weighted by Crippen LogP contribution is -2.59. The predicted molar refractivity (Wildman–Crippen MR) is 132 cm³/mol. The van der Waals surface area contributed by atoms with Crippen LogP contribution in [0.15, 0.2) is 0 Å². The monoisotopic (exact) mass is 471 g/mol. The van der Waals surface area contributed by atoms with Crippen LogP contribution in [-0.4, -0.2) is 73.7 Å². The Hall–Kier alpha value is -1.67. The summed E-state index contributed by atoms with van der Waals surface area (Å²) in [6.07, 6.45) is 0.263. The Morgan fingerprint density at radius 1 is 0.909 bits per heavy atom. The van der Waals surface area contributed by atoms with Crippen molar-refractivity contribution in [3.63, 3.8) is 0 Å². The summed E-state index contributed by atoms with van der Waals surface area (Å²) in [5, 5.41) is 6.02. The minimum absolute atomic E-state index is 0.0256. The molecule has 2 N–H and O–H groups in total. The maximum atomic E-state index is 13.3. The number of nitrogens with zero attached hydrogens (tertiary/aromatic N) is 1. The van der Waals surface area contributed by atoms with E-state index < -0.39 is 23.8 Å². The number of amides is 2. The first kappa shape index (κ1) is 31.3. The lowest BCUT2D eigenvalue weighted by molar-refractivity contribution is -0.158. The molecule has 0 saturated heterocycles. The first-order chi connectivity index (χ1) is 15.0. The fourth-order valence-corrected chi connectivity index (χ4v) is 3.92. The molecule has 8 heteroatoms. The Kier molecular flexibility index (Phi) is 13.2. The third-order valence-corrected chi connectivity index (χ3v) is 5.76. The zero-order chi connectivity index (χ0) is 26.1. The zero-order valence-electron chi connectivity index (χ0n) is 22.9. The summed E-state index contributed by atoms with van der Waals surface area (Å²) in [5.41, 5.74) is -0.600. The van der Waals surface area contributed by atoms with E-state index in [1.807, 2.05) is 81.3 Å². The molecule has 0 unspecified atom stereocenters. The maximum Gasteiger partial charge on any atom is 0.309 e. The third kappa shape index (κ3) is 10.9. The Morgan fingerprint density at radius 3 is 1.82 bits per heavy atom. The van der Waals surface area contributed by atoms with Gasteiger partial charge < -0.3 is 20.1 Å². The number of hydrogen-bond donors (Lipinski definition) is 2. The summed E-state index contributed by atoms with van der Waals surface area (Å²) in [7, 11) is 5.24. The van der Waals surface area contributed by atoms with Gasteiger partial charge in [0.1, 0.15) is 11.6 Å². The van der Waals surface area contributed by atoms with E-state index in [2.05, 4.69) is 10.6 Å². The molecule has 0 spiro atoms. The van der Waals surface area contributed by atoms with Gasteiger partial charge in [0, 0.05) is 7.11 Å². The molecule has 2 amide bonds. The van der Waals surface area contributed by atoms with Crippen LogP contribution in [0.2, 0.25) is 0 Å². The van der Waals surface area contributed by atoms with Crippen molar-refractivity contribution in [2.45, 2.75) is 105 Å². The highest BCUT2D eigenvalue weighted by Crippen LogP contribution is 2.19. The van der Waals surface area contributed by atoms with Crippen LogP contribution in [-0.2, 0) is 23.9 Å². The van der Waals surface area contributed by atoms with E-state index in [4.69, 9.17) is 9.47 Å². The van der Waals surface area contributed by atoms with E-state index in [9.17, 15) is 14.4 Å². The Bertz CT molecular complexity index is 620. The van der Waals surface area contributed by atoms with E-state index >= 15 is 0 Å². The van der Waals surface area contributed by atoms with E-state index in [1.54, 1.807) is 0 Å². The van der Waals surface area contributed by atoms with E-state index in [1.165, 1.54) is 7.11 Å². The molecule has 0 heterocycles. The first-order valence-corrected chi connectivity index (χ1v) is 12.1. The van der Waals surface area contributed by atoms with Crippen molar-refractivity contribution in [2.24, 2.45) is 17.8 Å². The minimum Gasteiger partial charge on any atom is -0.460 e. The van der Waals surface area contributed by atoms with Gasteiger partial charge in [0.2, 0.25) is 11.8 Å². The van der Waals surface area contributed by atoms with E-state index in [0.29, 0.717) is 0 Å². The number of nitrogens with one attached hydrogen (secondary N) is 2. The number of likely N-dealkylation sites (N-methyl/N-ethyl adjacent to an activating group) is 1. The van der Waals surface area contributed by atoms with Crippen molar-refractivity contribution in [3.05, 3.63) is 0 Å². The van der Waals surface area contributed by atoms with Gasteiger partial charge >= 0.3 is 5.97 Å². The molecular formula is C25H49N3O5. The standard InChI is InChI=1S/C25H49N3O5/c1-13-17(6)21(18(32-12)14-19(29)33-25(7,8)9)27-23(30)20(15(2)3)26-24(31)22(16(4)5)28(10)11/h15-18,20-22H,13-14H2,1-12H3,(H,26,31)(H,27,30)/t17-,18+,20-,21-,22-/m0/s1. The number of carbonyl (C=O) groups excluding carboxylic acids is 3. The van der Waals surface area contributed by atoms with Crippen LogP contribution in [0.3, 0.4) is 0 Å². The summed E-state index contributed by atoms with van der Waals surface area (Å²) in [5.74, 6) is -0.813. The van der Waals surface area contributed by atoms with Gasteiger partial charge in [-0.15, -0.1) is 0 Å². The Balaban J connectivity index is 5.64. The molecule has 0 rings (SSSR count). The molecule has 0 aliphatic carbocycles. The van der Waals surface area contributed by atoms with Gasteiger partial charge in [0.25, 0.3) is 0 Å². The predicted octanol–water partition coefficient (Wildman–Crippen LogP) is 2.99. The zero-order valence-corrected chi connectivity index (χ0v) is 22.9. The molecule has 5 atom stereocenters. The number of esters is 1. The van der Waals surface area contributed by atoms with Crippen LogP contribution in [0.5, 0.6) is 0 Å². The third-order valence-electron chi connectivity index (χ3n) is 5.76. The molecule has 0 aromatic carbocycles. The minimum atomic E-state index is -0.704. The highest BCUT2D eigenvalue weighted by molar-refractivity contribution is 5.90. The van der Waals surface area contributed by atoms with E-state index in [0.717, 1.165) is 6.42 Å². The highest BCUT2D eigenvalue weighted by atomic mass is 16.6. The average Bonchev–Trinajstić information content (AvgIpc) is 2.65. The topological polar surface area (TPSA) is 97.0 Å². The SMILES string of the molecule is CC[C@H](C)[C@H](NC(=O)[C@@H](NC(=O)[C@H](C(C)C)N(C)C)C(C)C)[C@@H](CC(=O)OC(C)(C)C)OC. The van der Waals surface area contributed by atoms with Crippen LogP contribution < -0.4 is 10.6 Å². The lowest BCUT2D eigenvalue weighted by atomic mass is 9.91. The summed E-state index contributed by atoms with van der Waals surface area (Å²) in [6, 6.07) is -1.46. The fraction of sp³-hybridized carbons (Fsp3) is 0.880. The van der Waals surface area contributed by atoms with Crippen LogP contribution in [0.25, 0.3) is 0 Å². The van der Waals surface area contributed by atoms with Crippen molar-refractivity contribution in [1.82, 2.24) is 15.5 Å². The first-order valence-electron chi connectivity index (χ1n) is 12.1. The molecule has 0 aliphatic rings. The van der Waals surface area contributed by atoms with Crippen molar-refractivity contribution in [3.8, 4) is 0 Å². The molecule has 194 valence electrons. The van der Waals surface area contributed by atoms with Crippen molar-refractivity contribution < 1.29 is 23.9 Å². The van der Waals surface area contributed by atoms with Crippen LogP contribution in [0.1, 0.15) is 75.2 Å². The Morgan fingerprint density at radius 2 is 1.45 bits per heavy atom. The number of methoxy groups -OCH3 is 1. The van der Waals surface area contributed by atoms with Crippen molar-refractivity contribution in [2.75, 3.05) is 21.2 Å². The second-order valence-corrected chi connectivity index (χ2v) is 10.9. The number of ether oxygens (including phenoxy) is 2. The quantitative estimate of drug-likeness (QED) is 0.401. The second kappa shape index (κ2) is 13.9. The molecular weight excluding hydrogens is 422 g/mol. The van der Waals surface area contributed by atoms with Crippen molar-refractivity contribution in [1.29, 1.82) is 0 Å². The highest BCUT2D eigenvalue weighted by Gasteiger charge is 2.35. The molecule has 0 aromatic heterocycles. The van der Waals surface area contributed by atoms with Gasteiger partial charge in [-0.05, 0) is 52.6 Å². The second-order valence-electron chi connectivity index (χ2n) is 10.9. The smallest absolute Gasteiger partial charge is 0.309 e. The molecule has 0 radical (unpaired) electrons. The largest absolute Gasteiger partial charge is 0.460 e. The summed E-state index contributed by atoms with van der Waals surface area (Å²) in [4.78, 5) is 40.6. The average molecular weight is 472 g/mol.